The van der Waals surface area contributed by atoms with Crippen LogP contribution in [0.15, 0.2) is 23.4 Å². The van der Waals surface area contributed by atoms with Crippen molar-refractivity contribution in [3.8, 4) is 0 Å². The van der Waals surface area contributed by atoms with Gasteiger partial charge in [-0.1, -0.05) is 0 Å². The van der Waals surface area contributed by atoms with E-state index in [1.54, 1.807) is 0 Å². The fourth-order valence-corrected chi connectivity index (χ4v) is 3.43. The highest BCUT2D eigenvalue weighted by Gasteiger charge is 2.38. The summed E-state index contributed by atoms with van der Waals surface area (Å²) < 4.78 is 25.6. The number of piperazine rings is 1. The number of nitrogens with one attached hydrogen (secondary N) is 1. The van der Waals surface area contributed by atoms with Crippen molar-refractivity contribution < 1.29 is 23.2 Å². The fraction of sp³-hybridized carbons (Fsp3) is 0.400. The van der Waals surface area contributed by atoms with E-state index in [-0.39, 0.29) is 18.8 Å². The van der Waals surface area contributed by atoms with Crippen molar-refractivity contribution in [1.82, 2.24) is 14.6 Å². The molecule has 1 aliphatic rings. The number of hydrogen-bond donors (Lipinski definition) is 2. The Bertz CT molecular complexity index is 659. The average molecular weight is 316 g/mol. The number of hydrogen-bond acceptors (Lipinski definition) is 7. The van der Waals surface area contributed by atoms with Gasteiger partial charge in [-0.2, -0.15) is 4.31 Å². The summed E-state index contributed by atoms with van der Waals surface area (Å²) in [6, 6.07) is 0.771. The van der Waals surface area contributed by atoms with E-state index in [0.717, 1.165) is 22.6 Å². The lowest BCUT2D eigenvalue weighted by atomic mass is 10.2. The predicted octanol–water partition coefficient (Wildman–Crippen LogP) is -0.963. The Morgan fingerprint density at radius 1 is 1.52 bits per heavy atom. The number of sulfonamides is 1. The first-order valence-corrected chi connectivity index (χ1v) is 7.34. The fourth-order valence-electron chi connectivity index (χ4n) is 1.94. The van der Waals surface area contributed by atoms with Gasteiger partial charge in [0, 0.05) is 25.7 Å². The first kappa shape index (κ1) is 15.3. The molecule has 0 unspecified atom stereocenters. The average Bonchev–Trinajstić information content (AvgIpc) is 2.47. The molecule has 2 N–H and O–H groups in total. The highest BCUT2D eigenvalue weighted by atomic mass is 32.2. The van der Waals surface area contributed by atoms with Crippen LogP contribution in [0.4, 0.5) is 5.69 Å². The highest BCUT2D eigenvalue weighted by Crippen LogP contribution is 2.19. The Balaban J connectivity index is 2.35. The summed E-state index contributed by atoms with van der Waals surface area (Å²) in [6.45, 7) is 0.287. The number of rotatable bonds is 4. The number of carbonyl (C=O) groups is 1. The monoisotopic (exact) mass is 316 g/mol. The SMILES string of the molecule is O=C(O)[C@@H]1CNCCN1S(=O)(=O)c1ccc([N+](=O)[O-])cn1. The minimum absolute atomic E-state index is 0.0124. The molecule has 21 heavy (non-hydrogen) atoms. The maximum Gasteiger partial charge on any atom is 0.323 e. The Labute approximate surface area is 119 Å². The molecule has 1 aromatic heterocycles. The summed E-state index contributed by atoms with van der Waals surface area (Å²) in [5, 5.41) is 22.0. The summed E-state index contributed by atoms with van der Waals surface area (Å²) >= 11 is 0. The molecule has 0 aliphatic carbocycles. The number of aliphatic carboxylic acids is 1. The normalized spacial score (nSPS) is 20.1. The van der Waals surface area contributed by atoms with Crippen LogP contribution in [-0.4, -0.2) is 59.4 Å². The van der Waals surface area contributed by atoms with Crippen molar-refractivity contribution >= 4 is 21.7 Å². The van der Waals surface area contributed by atoms with Crippen LogP contribution < -0.4 is 5.32 Å². The number of pyridine rings is 1. The number of carboxylic acid groups (broad SMARTS) is 1. The maximum absolute atomic E-state index is 12.4. The Morgan fingerprint density at radius 3 is 2.76 bits per heavy atom. The smallest absolute Gasteiger partial charge is 0.323 e. The third-order valence-electron chi connectivity index (χ3n) is 2.98. The molecule has 0 spiro atoms. The van der Waals surface area contributed by atoms with Crippen molar-refractivity contribution in [2.24, 2.45) is 0 Å². The Morgan fingerprint density at radius 2 is 2.24 bits per heavy atom. The van der Waals surface area contributed by atoms with E-state index in [4.69, 9.17) is 5.11 Å². The zero-order valence-corrected chi connectivity index (χ0v) is 11.5. The van der Waals surface area contributed by atoms with Gasteiger partial charge >= 0.3 is 5.97 Å². The lowest BCUT2D eigenvalue weighted by molar-refractivity contribution is -0.385. The summed E-state index contributed by atoms with van der Waals surface area (Å²) in [5.41, 5.74) is -0.343. The molecule has 2 heterocycles. The molecule has 114 valence electrons. The molecular weight excluding hydrogens is 304 g/mol. The highest BCUT2D eigenvalue weighted by molar-refractivity contribution is 7.89. The van der Waals surface area contributed by atoms with E-state index in [1.165, 1.54) is 0 Å². The quantitative estimate of drug-likeness (QED) is 0.534. The molecule has 2 rings (SSSR count). The first-order chi connectivity index (χ1) is 9.84. The zero-order valence-electron chi connectivity index (χ0n) is 10.7. The van der Waals surface area contributed by atoms with Gasteiger partial charge in [0.1, 0.15) is 12.2 Å². The molecule has 1 aromatic rings. The van der Waals surface area contributed by atoms with Crippen LogP contribution in [0.25, 0.3) is 0 Å². The molecule has 1 aliphatic heterocycles. The van der Waals surface area contributed by atoms with E-state index < -0.39 is 32.0 Å². The number of aromatic nitrogens is 1. The van der Waals surface area contributed by atoms with Gasteiger partial charge in [0.2, 0.25) is 0 Å². The molecule has 0 radical (unpaired) electrons. The zero-order chi connectivity index (χ0) is 15.6. The van der Waals surface area contributed by atoms with Gasteiger partial charge in [0.25, 0.3) is 15.7 Å². The van der Waals surface area contributed by atoms with Gasteiger partial charge in [0.05, 0.1) is 4.92 Å². The minimum atomic E-state index is -4.12. The van der Waals surface area contributed by atoms with Crippen molar-refractivity contribution in [2.75, 3.05) is 19.6 Å². The first-order valence-electron chi connectivity index (χ1n) is 5.90. The maximum atomic E-state index is 12.4. The van der Waals surface area contributed by atoms with Crippen LogP contribution in [0.1, 0.15) is 0 Å². The predicted molar refractivity (Wildman–Crippen MR) is 69.1 cm³/mol. The molecule has 1 atom stereocenters. The second kappa shape index (κ2) is 5.71. The summed E-state index contributed by atoms with van der Waals surface area (Å²) in [5.74, 6) is -1.27. The van der Waals surface area contributed by atoms with Crippen LogP contribution >= 0.6 is 0 Å². The van der Waals surface area contributed by atoms with Gasteiger partial charge in [-0.15, -0.1) is 0 Å². The minimum Gasteiger partial charge on any atom is -0.480 e. The number of nitro groups is 1. The van der Waals surface area contributed by atoms with E-state index >= 15 is 0 Å². The summed E-state index contributed by atoms with van der Waals surface area (Å²) in [7, 11) is -4.12. The van der Waals surface area contributed by atoms with E-state index in [2.05, 4.69) is 10.3 Å². The number of carboxylic acids is 1. The van der Waals surface area contributed by atoms with Gasteiger partial charge in [-0.3, -0.25) is 14.9 Å². The van der Waals surface area contributed by atoms with Gasteiger partial charge in [-0.25, -0.2) is 13.4 Å². The van der Waals surface area contributed by atoms with Gasteiger partial charge < -0.3 is 10.4 Å². The van der Waals surface area contributed by atoms with Crippen LogP contribution in [0.5, 0.6) is 0 Å². The largest absolute Gasteiger partial charge is 0.480 e. The second-order valence-electron chi connectivity index (χ2n) is 4.29. The molecule has 0 aromatic carbocycles. The third kappa shape index (κ3) is 2.99. The van der Waals surface area contributed by atoms with Crippen LogP contribution in [0, 0.1) is 10.1 Å². The Kier molecular flexibility index (Phi) is 4.16. The molecule has 10 nitrogen and oxygen atoms in total. The van der Waals surface area contributed by atoms with E-state index in [0.29, 0.717) is 6.54 Å². The van der Waals surface area contributed by atoms with Crippen molar-refractivity contribution in [2.45, 2.75) is 11.1 Å². The summed E-state index contributed by atoms with van der Waals surface area (Å²) in [6.07, 6.45) is 0.824. The third-order valence-corrected chi connectivity index (χ3v) is 4.81. The molecule has 0 amide bonds. The second-order valence-corrected chi connectivity index (χ2v) is 6.12. The topological polar surface area (TPSA) is 143 Å². The van der Waals surface area contributed by atoms with E-state index in [1.807, 2.05) is 0 Å². The molecule has 0 saturated carbocycles. The molecule has 11 heteroatoms. The van der Waals surface area contributed by atoms with E-state index in [9.17, 15) is 23.3 Å². The molecule has 1 fully saturated rings. The lowest BCUT2D eigenvalue weighted by Gasteiger charge is -2.31. The molecule has 0 bridgehead atoms. The van der Waals surface area contributed by atoms with Crippen LogP contribution in [-0.2, 0) is 14.8 Å². The van der Waals surface area contributed by atoms with Crippen LogP contribution in [0.2, 0.25) is 0 Å². The summed E-state index contributed by atoms with van der Waals surface area (Å²) in [4.78, 5) is 24.5. The standard InChI is InChI=1S/C10H12N4O6S/c15-10(16)8-6-11-3-4-13(8)21(19,20)9-2-1-7(5-12-9)14(17)18/h1-2,5,8,11H,3-4,6H2,(H,15,16)/t8-/m0/s1. The van der Waals surface area contributed by atoms with Crippen LogP contribution in [0.3, 0.4) is 0 Å². The number of nitrogens with zero attached hydrogens (tertiary/aromatic N) is 3. The van der Waals surface area contributed by atoms with Gasteiger partial charge in [0.15, 0.2) is 5.03 Å². The van der Waals surface area contributed by atoms with Crippen molar-refractivity contribution in [3.63, 3.8) is 0 Å². The van der Waals surface area contributed by atoms with Crippen molar-refractivity contribution in [1.29, 1.82) is 0 Å². The molecular formula is C10H12N4O6S. The Hall–Kier alpha value is -2.11. The molecule has 1 saturated heterocycles. The van der Waals surface area contributed by atoms with Gasteiger partial charge in [-0.05, 0) is 6.07 Å². The lowest BCUT2D eigenvalue weighted by Crippen LogP contribution is -2.56. The van der Waals surface area contributed by atoms with Crippen molar-refractivity contribution in [3.05, 3.63) is 28.4 Å².